The summed E-state index contributed by atoms with van der Waals surface area (Å²) in [6.45, 7) is 1.16. The molecule has 0 aromatic heterocycles. The standard InChI is InChI=1S/C29H26FNO5/c30-24-14-8-7-13-22(24)19-34-29-23-15-17-31(18-16-23)28(29,35-26(32)27(33)36-29)25(20-9-3-1-4-10-20)21-11-5-2-6-12-21/h1-14,23,25H,15-19H2. The first-order valence-corrected chi connectivity index (χ1v) is 12.2. The highest BCUT2D eigenvalue weighted by molar-refractivity contribution is 6.30. The van der Waals surface area contributed by atoms with Crippen molar-refractivity contribution in [2.45, 2.75) is 36.9 Å². The van der Waals surface area contributed by atoms with E-state index in [2.05, 4.69) is 4.90 Å². The van der Waals surface area contributed by atoms with E-state index in [0.717, 1.165) is 11.1 Å². The Labute approximate surface area is 208 Å². The first kappa shape index (κ1) is 22.9. The van der Waals surface area contributed by atoms with E-state index in [1.54, 1.807) is 18.2 Å². The van der Waals surface area contributed by atoms with Crippen molar-refractivity contribution in [2.24, 2.45) is 5.92 Å². The predicted molar refractivity (Wildman–Crippen MR) is 128 cm³/mol. The van der Waals surface area contributed by atoms with Gasteiger partial charge in [-0.3, -0.25) is 4.90 Å². The molecule has 0 saturated carbocycles. The van der Waals surface area contributed by atoms with Crippen molar-refractivity contribution < 1.29 is 28.2 Å². The van der Waals surface area contributed by atoms with E-state index in [1.807, 2.05) is 60.7 Å². The van der Waals surface area contributed by atoms with Crippen LogP contribution in [0.3, 0.4) is 0 Å². The van der Waals surface area contributed by atoms with E-state index in [4.69, 9.17) is 14.2 Å². The minimum absolute atomic E-state index is 0.139. The summed E-state index contributed by atoms with van der Waals surface area (Å²) < 4.78 is 33.3. The van der Waals surface area contributed by atoms with Crippen LogP contribution in [0, 0.1) is 11.7 Å². The number of hydrogen-bond acceptors (Lipinski definition) is 6. The van der Waals surface area contributed by atoms with E-state index in [-0.39, 0.29) is 12.5 Å². The quantitative estimate of drug-likeness (QED) is 0.380. The third-order valence-corrected chi connectivity index (χ3v) is 7.72. The molecule has 4 fully saturated rings. The summed E-state index contributed by atoms with van der Waals surface area (Å²) in [7, 11) is 0. The van der Waals surface area contributed by atoms with Crippen molar-refractivity contribution in [3.63, 3.8) is 0 Å². The third-order valence-electron chi connectivity index (χ3n) is 7.72. The summed E-state index contributed by atoms with van der Waals surface area (Å²) in [6, 6.07) is 25.8. The molecule has 7 rings (SSSR count). The summed E-state index contributed by atoms with van der Waals surface area (Å²) >= 11 is 0. The highest BCUT2D eigenvalue weighted by atomic mass is 19.1. The van der Waals surface area contributed by atoms with Gasteiger partial charge in [-0.1, -0.05) is 78.9 Å². The molecule has 2 atom stereocenters. The topological polar surface area (TPSA) is 65.1 Å². The zero-order valence-corrected chi connectivity index (χ0v) is 19.6. The van der Waals surface area contributed by atoms with Crippen LogP contribution >= 0.6 is 0 Å². The van der Waals surface area contributed by atoms with Gasteiger partial charge < -0.3 is 14.2 Å². The van der Waals surface area contributed by atoms with Crippen molar-refractivity contribution >= 4 is 11.9 Å². The molecular formula is C29H26FNO5. The van der Waals surface area contributed by atoms with E-state index in [1.165, 1.54) is 6.07 Å². The first-order valence-electron chi connectivity index (χ1n) is 12.2. The summed E-state index contributed by atoms with van der Waals surface area (Å²) in [5, 5.41) is 0. The summed E-state index contributed by atoms with van der Waals surface area (Å²) in [4.78, 5) is 27.8. The van der Waals surface area contributed by atoms with Crippen LogP contribution in [0.1, 0.15) is 35.4 Å². The fraction of sp³-hybridized carbons (Fsp3) is 0.310. The monoisotopic (exact) mass is 487 g/mol. The number of nitrogens with zero attached hydrogens (tertiary/aromatic N) is 1. The molecule has 0 spiro atoms. The lowest BCUT2D eigenvalue weighted by atomic mass is 9.66. The highest BCUT2D eigenvalue weighted by Gasteiger charge is 2.76. The molecule has 3 aromatic carbocycles. The molecule has 4 saturated heterocycles. The Balaban J connectivity index is 1.57. The third kappa shape index (κ3) is 3.38. The zero-order chi connectivity index (χ0) is 24.8. The Bertz CT molecular complexity index is 1240. The van der Waals surface area contributed by atoms with E-state index < -0.39 is 35.2 Å². The molecule has 3 aromatic rings. The van der Waals surface area contributed by atoms with Gasteiger partial charge in [0.15, 0.2) is 0 Å². The molecule has 2 unspecified atom stereocenters. The average Bonchev–Trinajstić information content (AvgIpc) is 2.92. The molecule has 4 aliphatic heterocycles. The molecular weight excluding hydrogens is 461 g/mol. The minimum atomic E-state index is -1.62. The number of fused-ring (bicyclic) bond motifs is 2. The second kappa shape index (κ2) is 8.84. The lowest BCUT2D eigenvalue weighted by Crippen LogP contribution is -2.82. The number of esters is 2. The van der Waals surface area contributed by atoms with Gasteiger partial charge in [0.05, 0.1) is 12.5 Å². The number of rotatable bonds is 6. The van der Waals surface area contributed by atoms with Crippen molar-refractivity contribution in [3.8, 4) is 0 Å². The maximum Gasteiger partial charge on any atom is 0.420 e. The average molecular weight is 488 g/mol. The van der Waals surface area contributed by atoms with E-state index >= 15 is 0 Å². The van der Waals surface area contributed by atoms with Crippen LogP contribution < -0.4 is 0 Å². The van der Waals surface area contributed by atoms with Crippen molar-refractivity contribution in [1.82, 2.24) is 4.90 Å². The molecule has 7 heteroatoms. The van der Waals surface area contributed by atoms with Gasteiger partial charge in [-0.15, -0.1) is 0 Å². The Morgan fingerprint density at radius 2 is 1.39 bits per heavy atom. The van der Waals surface area contributed by atoms with Gasteiger partial charge in [-0.2, -0.15) is 0 Å². The SMILES string of the molecule is O=C1OC2(OCc3ccccc3F)C3CCN(CC3)C2(C(c2ccccc2)c2ccccc2)OC1=O. The summed E-state index contributed by atoms with van der Waals surface area (Å²) in [5.74, 6) is -4.94. The van der Waals surface area contributed by atoms with E-state index in [0.29, 0.717) is 31.5 Å². The molecule has 4 heterocycles. The number of benzene rings is 3. The Kier molecular flexibility index (Phi) is 5.62. The zero-order valence-electron chi connectivity index (χ0n) is 19.6. The minimum Gasteiger partial charge on any atom is -0.427 e. The maximum atomic E-state index is 14.6. The molecule has 184 valence electrons. The van der Waals surface area contributed by atoms with Gasteiger partial charge in [-0.05, 0) is 30.0 Å². The second-order valence-corrected chi connectivity index (χ2v) is 9.54. The van der Waals surface area contributed by atoms with Crippen LogP contribution in [0.2, 0.25) is 0 Å². The summed E-state index contributed by atoms with van der Waals surface area (Å²) in [5.41, 5.74) is 0.649. The molecule has 0 radical (unpaired) electrons. The van der Waals surface area contributed by atoms with Crippen molar-refractivity contribution in [1.29, 1.82) is 0 Å². The lowest BCUT2D eigenvalue weighted by Gasteiger charge is -2.65. The van der Waals surface area contributed by atoms with Gasteiger partial charge in [0, 0.05) is 24.6 Å². The molecule has 4 aliphatic rings. The molecule has 0 amide bonds. The Hall–Kier alpha value is -3.55. The molecule has 6 nitrogen and oxygen atoms in total. The van der Waals surface area contributed by atoms with E-state index in [9.17, 15) is 14.0 Å². The van der Waals surface area contributed by atoms with Gasteiger partial charge in [-0.25, -0.2) is 14.0 Å². The number of carbonyl (C=O) groups is 2. The summed E-state index contributed by atoms with van der Waals surface area (Å²) in [6.07, 6.45) is 1.39. The fourth-order valence-electron chi connectivity index (χ4n) is 6.19. The Morgan fingerprint density at radius 3 is 2.00 bits per heavy atom. The number of halogens is 1. The normalized spacial score (nSPS) is 28.9. The second-order valence-electron chi connectivity index (χ2n) is 9.54. The molecule has 0 N–H and O–H groups in total. The predicted octanol–water partition coefficient (Wildman–Crippen LogP) is 4.39. The van der Waals surface area contributed by atoms with Gasteiger partial charge >= 0.3 is 11.9 Å². The number of piperidine rings is 3. The number of carbonyl (C=O) groups excluding carboxylic acids is 2. The van der Waals surface area contributed by atoms with Gasteiger partial charge in [0.2, 0.25) is 5.72 Å². The van der Waals surface area contributed by atoms with Gasteiger partial charge in [0.25, 0.3) is 5.79 Å². The Morgan fingerprint density at radius 1 is 0.833 bits per heavy atom. The highest BCUT2D eigenvalue weighted by Crippen LogP contribution is 2.59. The van der Waals surface area contributed by atoms with Crippen molar-refractivity contribution in [3.05, 3.63) is 107 Å². The lowest BCUT2D eigenvalue weighted by molar-refractivity contribution is -0.417. The number of hydrogen-bond donors (Lipinski definition) is 0. The van der Waals surface area contributed by atoms with Crippen LogP contribution in [-0.2, 0) is 30.4 Å². The van der Waals surface area contributed by atoms with Crippen LogP contribution in [-0.4, -0.2) is 41.4 Å². The van der Waals surface area contributed by atoms with Crippen LogP contribution in [0.5, 0.6) is 0 Å². The van der Waals surface area contributed by atoms with Gasteiger partial charge in [0.1, 0.15) is 5.82 Å². The number of ether oxygens (including phenoxy) is 3. The largest absolute Gasteiger partial charge is 0.427 e. The fourth-order valence-corrected chi connectivity index (χ4v) is 6.19. The van der Waals surface area contributed by atoms with Crippen LogP contribution in [0.4, 0.5) is 4.39 Å². The smallest absolute Gasteiger partial charge is 0.420 e. The van der Waals surface area contributed by atoms with Crippen molar-refractivity contribution in [2.75, 3.05) is 13.1 Å². The molecule has 36 heavy (non-hydrogen) atoms. The molecule has 2 bridgehead atoms. The molecule has 0 aliphatic carbocycles. The van der Waals surface area contributed by atoms with Crippen LogP contribution in [0.15, 0.2) is 84.9 Å². The van der Waals surface area contributed by atoms with Crippen LogP contribution in [0.25, 0.3) is 0 Å². The maximum absolute atomic E-state index is 14.6. The first-order chi connectivity index (χ1) is 17.5.